The number of carbonyl (C=O) groups is 2. The van der Waals surface area contributed by atoms with Crippen LogP contribution in [0.1, 0.15) is 26.4 Å². The molecule has 4 aromatic rings. The second kappa shape index (κ2) is 11.8. The van der Waals surface area contributed by atoms with Crippen molar-refractivity contribution in [2.75, 3.05) is 37.8 Å². The number of nitrogens with zero attached hydrogens (tertiary/aromatic N) is 4. The predicted molar refractivity (Wildman–Crippen MR) is 141 cm³/mol. The molecule has 4 rings (SSSR count). The van der Waals surface area contributed by atoms with Crippen molar-refractivity contribution >= 4 is 23.2 Å². The van der Waals surface area contributed by atoms with E-state index in [4.69, 9.17) is 0 Å². The average molecular weight is 481 g/mol. The third-order valence-corrected chi connectivity index (χ3v) is 5.42. The van der Waals surface area contributed by atoms with Crippen molar-refractivity contribution in [1.29, 1.82) is 0 Å². The minimum Gasteiger partial charge on any atom is -0.369 e. The van der Waals surface area contributed by atoms with Crippen LogP contribution in [0.4, 0.5) is 11.5 Å². The van der Waals surface area contributed by atoms with Crippen LogP contribution in [0.25, 0.3) is 11.4 Å². The van der Waals surface area contributed by atoms with E-state index in [0.29, 0.717) is 29.4 Å². The number of amides is 1. The number of para-hydroxylation sites is 1. The van der Waals surface area contributed by atoms with Crippen molar-refractivity contribution in [3.8, 4) is 11.4 Å². The van der Waals surface area contributed by atoms with Crippen LogP contribution in [0, 0.1) is 0 Å². The molecule has 36 heavy (non-hydrogen) atoms. The van der Waals surface area contributed by atoms with Gasteiger partial charge >= 0.3 is 0 Å². The molecule has 182 valence electrons. The van der Waals surface area contributed by atoms with E-state index >= 15 is 0 Å². The normalized spacial score (nSPS) is 10.8. The zero-order chi connectivity index (χ0) is 25.3. The smallest absolute Gasteiger partial charge is 0.274 e. The molecule has 0 spiro atoms. The molecule has 0 saturated carbocycles. The minimum absolute atomic E-state index is 0.113. The first-order chi connectivity index (χ1) is 17.5. The van der Waals surface area contributed by atoms with Crippen molar-refractivity contribution in [1.82, 2.24) is 19.9 Å². The van der Waals surface area contributed by atoms with Gasteiger partial charge in [-0.25, -0.2) is 9.97 Å². The maximum atomic E-state index is 13.3. The number of carbonyl (C=O) groups excluding carboxylic acids is 2. The number of ketones is 1. The molecule has 8 heteroatoms. The second-order valence-electron chi connectivity index (χ2n) is 8.52. The van der Waals surface area contributed by atoms with E-state index in [0.717, 1.165) is 17.7 Å². The van der Waals surface area contributed by atoms with Gasteiger partial charge in [-0.2, -0.15) is 0 Å². The van der Waals surface area contributed by atoms with Crippen LogP contribution >= 0.6 is 0 Å². The van der Waals surface area contributed by atoms with Crippen LogP contribution in [-0.2, 0) is 6.42 Å². The summed E-state index contributed by atoms with van der Waals surface area (Å²) < 4.78 is 0. The summed E-state index contributed by atoms with van der Waals surface area (Å²) in [6.07, 6.45) is 3.51. The highest BCUT2D eigenvalue weighted by Crippen LogP contribution is 2.21. The van der Waals surface area contributed by atoms with Crippen LogP contribution in [0.3, 0.4) is 0 Å². The van der Waals surface area contributed by atoms with Gasteiger partial charge in [0.1, 0.15) is 11.5 Å². The highest BCUT2D eigenvalue weighted by molar-refractivity contribution is 6.09. The lowest BCUT2D eigenvalue weighted by atomic mass is 10.0. The van der Waals surface area contributed by atoms with Crippen molar-refractivity contribution < 1.29 is 9.59 Å². The highest BCUT2D eigenvalue weighted by atomic mass is 16.2. The number of Topliss-reactive ketones (excluding diaryl/α,β-unsaturated/α-hetero) is 1. The lowest BCUT2D eigenvalue weighted by Gasteiger charge is -2.14. The molecule has 0 aliphatic carbocycles. The van der Waals surface area contributed by atoms with E-state index in [-0.39, 0.29) is 17.9 Å². The Kier molecular flexibility index (Phi) is 8.10. The monoisotopic (exact) mass is 480 g/mol. The largest absolute Gasteiger partial charge is 0.369 e. The number of nitrogens with one attached hydrogen (secondary N) is 2. The van der Waals surface area contributed by atoms with Gasteiger partial charge in [0.2, 0.25) is 0 Å². The Morgan fingerprint density at radius 1 is 0.917 bits per heavy atom. The Bertz CT molecular complexity index is 1330. The summed E-state index contributed by atoms with van der Waals surface area (Å²) in [4.78, 5) is 41.6. The number of likely N-dealkylation sites (N-methyl/N-ethyl adjacent to an activating group) is 1. The molecule has 0 radical (unpaired) electrons. The van der Waals surface area contributed by atoms with Crippen LogP contribution in [-0.4, -0.2) is 58.7 Å². The Hall–Kier alpha value is -4.43. The number of anilines is 2. The summed E-state index contributed by atoms with van der Waals surface area (Å²) in [7, 11) is 3.98. The van der Waals surface area contributed by atoms with Gasteiger partial charge in [0, 0.05) is 49.1 Å². The first kappa shape index (κ1) is 24.7. The van der Waals surface area contributed by atoms with E-state index in [1.807, 2.05) is 50.5 Å². The molecular formula is C28H28N6O2. The van der Waals surface area contributed by atoms with Gasteiger partial charge in [-0.05, 0) is 37.9 Å². The first-order valence-corrected chi connectivity index (χ1v) is 11.6. The summed E-state index contributed by atoms with van der Waals surface area (Å²) in [5.74, 6) is 0.456. The van der Waals surface area contributed by atoms with E-state index < -0.39 is 5.91 Å². The van der Waals surface area contributed by atoms with Gasteiger partial charge in [-0.3, -0.25) is 14.6 Å². The van der Waals surface area contributed by atoms with E-state index in [2.05, 4.69) is 30.5 Å². The van der Waals surface area contributed by atoms with Gasteiger partial charge in [-0.1, -0.05) is 48.5 Å². The van der Waals surface area contributed by atoms with Gasteiger partial charge in [0.05, 0.1) is 5.69 Å². The fraction of sp³-hybridized carbons (Fsp3) is 0.179. The highest BCUT2D eigenvalue weighted by Gasteiger charge is 2.17. The van der Waals surface area contributed by atoms with E-state index in [9.17, 15) is 9.59 Å². The number of benzene rings is 2. The van der Waals surface area contributed by atoms with Crippen LogP contribution in [0.15, 0.2) is 85.2 Å². The minimum atomic E-state index is -0.424. The van der Waals surface area contributed by atoms with Crippen LogP contribution in [0.2, 0.25) is 0 Å². The van der Waals surface area contributed by atoms with Crippen molar-refractivity contribution in [2.45, 2.75) is 6.42 Å². The predicted octanol–water partition coefficient (Wildman–Crippen LogP) is 4.19. The van der Waals surface area contributed by atoms with E-state index in [1.165, 1.54) is 0 Å². The fourth-order valence-corrected chi connectivity index (χ4v) is 3.58. The number of rotatable bonds is 10. The molecule has 1 amide bonds. The molecule has 0 aliphatic rings. The number of hydrogen-bond acceptors (Lipinski definition) is 7. The maximum Gasteiger partial charge on any atom is 0.274 e. The lowest BCUT2D eigenvalue weighted by molar-refractivity contribution is 0.0993. The molecule has 2 aromatic heterocycles. The maximum absolute atomic E-state index is 13.3. The van der Waals surface area contributed by atoms with Gasteiger partial charge in [0.15, 0.2) is 11.6 Å². The molecule has 2 heterocycles. The van der Waals surface area contributed by atoms with Crippen LogP contribution < -0.4 is 10.6 Å². The Balaban J connectivity index is 1.59. The second-order valence-corrected chi connectivity index (χ2v) is 8.52. The molecule has 8 nitrogen and oxygen atoms in total. The fourth-order valence-electron chi connectivity index (χ4n) is 3.58. The molecule has 0 atom stereocenters. The van der Waals surface area contributed by atoms with Gasteiger partial charge in [0.25, 0.3) is 5.91 Å². The number of hydrogen-bond donors (Lipinski definition) is 2. The Morgan fingerprint density at radius 2 is 1.69 bits per heavy atom. The van der Waals surface area contributed by atoms with Crippen molar-refractivity contribution in [3.63, 3.8) is 0 Å². The average Bonchev–Trinajstić information content (AvgIpc) is 2.89. The summed E-state index contributed by atoms with van der Waals surface area (Å²) in [6, 6.07) is 21.7. The lowest BCUT2D eigenvalue weighted by Crippen LogP contribution is -2.22. The molecular weight excluding hydrogens is 452 g/mol. The summed E-state index contributed by atoms with van der Waals surface area (Å²) >= 11 is 0. The molecule has 0 bridgehead atoms. The molecule has 0 saturated heterocycles. The number of pyridine rings is 1. The van der Waals surface area contributed by atoms with Crippen molar-refractivity contribution in [2.24, 2.45) is 0 Å². The van der Waals surface area contributed by atoms with Gasteiger partial charge < -0.3 is 15.5 Å². The summed E-state index contributed by atoms with van der Waals surface area (Å²) in [5.41, 5.74) is 2.66. The third-order valence-electron chi connectivity index (χ3n) is 5.42. The Morgan fingerprint density at radius 3 is 2.44 bits per heavy atom. The standard InChI is InChI=1S/C28H28N6O2/c1-34(2)16-15-30-26-18-24(31-27(33-26)21-10-4-3-5-11-21)28(36)32-23-13-7-6-12-22(23)25(35)17-20-9-8-14-29-19-20/h3-14,18-19H,15-17H2,1-2H3,(H,32,36)(H,30,31,33). The molecule has 2 aromatic carbocycles. The number of aromatic nitrogens is 3. The molecule has 2 N–H and O–H groups in total. The summed E-state index contributed by atoms with van der Waals surface area (Å²) in [5, 5.41) is 6.14. The molecule has 0 unspecified atom stereocenters. The van der Waals surface area contributed by atoms with Crippen LogP contribution in [0.5, 0.6) is 0 Å². The molecule has 0 aliphatic heterocycles. The SMILES string of the molecule is CN(C)CCNc1cc(C(=O)Nc2ccccc2C(=O)Cc2cccnc2)nc(-c2ccccc2)n1. The summed E-state index contributed by atoms with van der Waals surface area (Å²) in [6.45, 7) is 1.46. The first-order valence-electron chi connectivity index (χ1n) is 11.6. The molecule has 0 fully saturated rings. The zero-order valence-electron chi connectivity index (χ0n) is 20.3. The topological polar surface area (TPSA) is 100 Å². The van der Waals surface area contributed by atoms with E-state index in [1.54, 1.807) is 48.8 Å². The third kappa shape index (κ3) is 6.58. The Labute approximate surface area is 210 Å². The zero-order valence-corrected chi connectivity index (χ0v) is 20.3. The quantitative estimate of drug-likeness (QED) is 0.328. The van der Waals surface area contributed by atoms with Gasteiger partial charge in [-0.15, -0.1) is 0 Å². The van der Waals surface area contributed by atoms with Crippen molar-refractivity contribution in [3.05, 3.63) is 102 Å².